The molecule has 0 radical (unpaired) electrons. The molecule has 1 aromatic rings. The van der Waals surface area contributed by atoms with Crippen LogP contribution in [0.1, 0.15) is 19.5 Å². The summed E-state index contributed by atoms with van der Waals surface area (Å²) in [5.41, 5.74) is 7.63. The topological polar surface area (TPSA) is 50.9 Å². The first-order valence-electron chi connectivity index (χ1n) is 4.79. The van der Waals surface area contributed by atoms with E-state index in [2.05, 4.69) is 24.1 Å². The van der Waals surface area contributed by atoms with Crippen LogP contribution in [0.4, 0.5) is 0 Å². The maximum atomic E-state index is 5.76. The van der Waals surface area contributed by atoms with Crippen LogP contribution < -0.4 is 11.1 Å². The van der Waals surface area contributed by atoms with Crippen molar-refractivity contribution in [2.45, 2.75) is 20.4 Å². The molecule has 0 amide bonds. The van der Waals surface area contributed by atoms with E-state index in [1.165, 1.54) is 0 Å². The predicted octanol–water partition coefficient (Wildman–Crippen LogP) is 1.63. The quantitative estimate of drug-likeness (QED) is 0.760. The fourth-order valence-electron chi connectivity index (χ4n) is 0.943. The van der Waals surface area contributed by atoms with E-state index in [4.69, 9.17) is 5.73 Å². The zero-order valence-corrected chi connectivity index (χ0v) is 8.70. The van der Waals surface area contributed by atoms with E-state index in [9.17, 15) is 0 Å². The zero-order valence-electron chi connectivity index (χ0n) is 8.70. The molecule has 0 aliphatic heterocycles. The molecule has 0 bridgehead atoms. The van der Waals surface area contributed by atoms with Gasteiger partial charge >= 0.3 is 0 Å². The van der Waals surface area contributed by atoms with Crippen LogP contribution in [0.3, 0.4) is 0 Å². The van der Waals surface area contributed by atoms with Crippen molar-refractivity contribution in [3.8, 4) is 0 Å². The third-order valence-corrected chi connectivity index (χ3v) is 1.94. The van der Waals surface area contributed by atoms with Crippen molar-refractivity contribution in [3.05, 3.63) is 42.0 Å². The van der Waals surface area contributed by atoms with Gasteiger partial charge in [-0.15, -0.1) is 0 Å². The number of hydrogen-bond acceptors (Lipinski definition) is 3. The van der Waals surface area contributed by atoms with E-state index in [1.807, 2.05) is 24.4 Å². The van der Waals surface area contributed by atoms with Crippen molar-refractivity contribution in [2.24, 2.45) is 11.7 Å². The Balaban J connectivity index is 2.39. The van der Waals surface area contributed by atoms with Crippen LogP contribution in [-0.2, 0) is 6.54 Å². The Morgan fingerprint density at radius 3 is 2.93 bits per heavy atom. The molecule has 14 heavy (non-hydrogen) atoms. The first-order valence-corrected chi connectivity index (χ1v) is 4.79. The van der Waals surface area contributed by atoms with E-state index in [0.29, 0.717) is 12.5 Å². The van der Waals surface area contributed by atoms with Crippen LogP contribution in [0.5, 0.6) is 0 Å². The molecule has 0 fully saturated rings. The normalized spacial score (nSPS) is 11.8. The number of allylic oxidation sites excluding steroid dienone is 1. The second-order valence-corrected chi connectivity index (χ2v) is 3.50. The summed E-state index contributed by atoms with van der Waals surface area (Å²) in [6, 6.07) is 5.85. The van der Waals surface area contributed by atoms with E-state index in [1.54, 1.807) is 6.20 Å². The summed E-state index contributed by atoms with van der Waals surface area (Å²) >= 11 is 0. The second-order valence-electron chi connectivity index (χ2n) is 3.50. The lowest BCUT2D eigenvalue weighted by Gasteiger charge is -2.06. The lowest BCUT2D eigenvalue weighted by atomic mass is 10.2. The summed E-state index contributed by atoms with van der Waals surface area (Å²) in [5, 5.41) is 3.13. The van der Waals surface area contributed by atoms with Gasteiger partial charge in [0.2, 0.25) is 0 Å². The van der Waals surface area contributed by atoms with Gasteiger partial charge in [0.05, 0.1) is 12.2 Å². The highest BCUT2D eigenvalue weighted by Gasteiger charge is 1.95. The molecular formula is C11H17N3. The third-order valence-electron chi connectivity index (χ3n) is 1.94. The smallest absolute Gasteiger partial charge is 0.0594 e. The summed E-state index contributed by atoms with van der Waals surface area (Å²) in [7, 11) is 0. The van der Waals surface area contributed by atoms with Crippen LogP contribution >= 0.6 is 0 Å². The van der Waals surface area contributed by atoms with Crippen LogP contribution in [0, 0.1) is 5.92 Å². The van der Waals surface area contributed by atoms with E-state index in [-0.39, 0.29) is 0 Å². The molecule has 76 valence electrons. The van der Waals surface area contributed by atoms with Gasteiger partial charge in [0.15, 0.2) is 0 Å². The Morgan fingerprint density at radius 1 is 1.57 bits per heavy atom. The van der Waals surface area contributed by atoms with Gasteiger partial charge in [-0.05, 0) is 18.1 Å². The minimum absolute atomic E-state index is 0.381. The first-order chi connectivity index (χ1) is 6.70. The molecule has 0 aromatic carbocycles. The lowest BCUT2D eigenvalue weighted by Crippen LogP contribution is -2.13. The molecule has 0 atom stereocenters. The average Bonchev–Trinajstić information content (AvgIpc) is 2.19. The highest BCUT2D eigenvalue weighted by Crippen LogP contribution is 2.00. The number of pyridine rings is 1. The number of aromatic nitrogens is 1. The van der Waals surface area contributed by atoms with Gasteiger partial charge in [-0.2, -0.15) is 0 Å². The molecule has 3 N–H and O–H groups in total. The summed E-state index contributed by atoms with van der Waals surface area (Å²) < 4.78 is 0. The van der Waals surface area contributed by atoms with Crippen molar-refractivity contribution in [3.63, 3.8) is 0 Å². The van der Waals surface area contributed by atoms with Gasteiger partial charge in [-0.25, -0.2) is 0 Å². The molecule has 0 unspecified atom stereocenters. The Labute approximate surface area is 85.0 Å². The number of hydrogen-bond donors (Lipinski definition) is 2. The Bertz CT molecular complexity index is 291. The predicted molar refractivity (Wildman–Crippen MR) is 58.2 cm³/mol. The monoisotopic (exact) mass is 191 g/mol. The van der Waals surface area contributed by atoms with Crippen LogP contribution in [0.15, 0.2) is 36.3 Å². The fourth-order valence-corrected chi connectivity index (χ4v) is 0.943. The lowest BCUT2D eigenvalue weighted by molar-refractivity contribution is 0.728. The highest BCUT2D eigenvalue weighted by molar-refractivity contribution is 5.05. The molecule has 0 spiro atoms. The summed E-state index contributed by atoms with van der Waals surface area (Å²) in [5.74, 6) is 0.381. The first kappa shape index (κ1) is 10.6. The van der Waals surface area contributed by atoms with Crippen molar-refractivity contribution in [1.29, 1.82) is 0 Å². The summed E-state index contributed by atoms with van der Waals surface area (Å²) in [6.07, 6.45) is 3.63. The van der Waals surface area contributed by atoms with Gasteiger partial charge in [-0.1, -0.05) is 19.9 Å². The van der Waals surface area contributed by atoms with Gasteiger partial charge in [0.1, 0.15) is 0 Å². The molecule has 1 rings (SSSR count). The number of nitrogens with one attached hydrogen (secondary N) is 1. The van der Waals surface area contributed by atoms with E-state index < -0.39 is 0 Å². The van der Waals surface area contributed by atoms with Gasteiger partial charge < -0.3 is 11.1 Å². The Kier molecular flexibility index (Phi) is 3.98. The molecule has 3 nitrogen and oxygen atoms in total. The maximum absolute atomic E-state index is 5.76. The number of nitrogens with zero attached hydrogens (tertiary/aromatic N) is 1. The number of nitrogens with two attached hydrogens (primary N) is 1. The second kappa shape index (κ2) is 5.27. The van der Waals surface area contributed by atoms with Gasteiger partial charge in [-0.3, -0.25) is 4.98 Å². The Hall–Kier alpha value is -1.51. The van der Waals surface area contributed by atoms with Gasteiger partial charge in [0.25, 0.3) is 0 Å². The Morgan fingerprint density at radius 2 is 2.36 bits per heavy atom. The van der Waals surface area contributed by atoms with Gasteiger partial charge in [0, 0.05) is 18.1 Å². The minimum Gasteiger partial charge on any atom is -0.401 e. The van der Waals surface area contributed by atoms with Crippen molar-refractivity contribution < 1.29 is 0 Å². The molecule has 1 heterocycles. The van der Waals surface area contributed by atoms with Crippen molar-refractivity contribution in [1.82, 2.24) is 10.3 Å². The summed E-state index contributed by atoms with van der Waals surface area (Å²) in [6.45, 7) is 4.84. The summed E-state index contributed by atoms with van der Waals surface area (Å²) in [4.78, 5) is 4.19. The minimum atomic E-state index is 0.381. The molecular weight excluding hydrogens is 174 g/mol. The SMILES string of the molecule is CC(C)/C(N)=C/NCc1ccccn1. The van der Waals surface area contributed by atoms with Crippen LogP contribution in [0.25, 0.3) is 0 Å². The zero-order chi connectivity index (χ0) is 10.4. The largest absolute Gasteiger partial charge is 0.401 e. The molecule has 0 aliphatic carbocycles. The van der Waals surface area contributed by atoms with E-state index in [0.717, 1.165) is 11.4 Å². The standard InChI is InChI=1S/C11H17N3/c1-9(2)11(12)8-13-7-10-5-3-4-6-14-10/h3-6,8-9,13H,7,12H2,1-2H3/b11-8-. The van der Waals surface area contributed by atoms with Crippen LogP contribution in [-0.4, -0.2) is 4.98 Å². The molecule has 0 saturated carbocycles. The molecule has 3 heteroatoms. The molecule has 0 saturated heterocycles. The van der Waals surface area contributed by atoms with Crippen molar-refractivity contribution >= 4 is 0 Å². The average molecular weight is 191 g/mol. The maximum Gasteiger partial charge on any atom is 0.0594 e. The van der Waals surface area contributed by atoms with Crippen molar-refractivity contribution in [2.75, 3.05) is 0 Å². The molecule has 1 aromatic heterocycles. The highest BCUT2D eigenvalue weighted by atomic mass is 14.9. The molecule has 0 aliphatic rings. The fraction of sp³-hybridized carbons (Fsp3) is 0.364. The van der Waals surface area contributed by atoms with Crippen LogP contribution in [0.2, 0.25) is 0 Å². The number of rotatable bonds is 4. The van der Waals surface area contributed by atoms with E-state index >= 15 is 0 Å². The third kappa shape index (κ3) is 3.47.